The van der Waals surface area contributed by atoms with E-state index in [1.54, 1.807) is 4.90 Å². The molecule has 1 aliphatic rings. The Bertz CT molecular complexity index is 484. The van der Waals surface area contributed by atoms with E-state index in [0.29, 0.717) is 13.0 Å². The maximum absolute atomic E-state index is 12.2. The number of nitrogens with zero attached hydrogens (tertiary/aromatic N) is 1. The van der Waals surface area contributed by atoms with Crippen molar-refractivity contribution >= 4 is 17.6 Å². The second-order valence-electron chi connectivity index (χ2n) is 4.96. The predicted octanol–water partition coefficient (Wildman–Crippen LogP) is 2.78. The molecule has 1 aliphatic heterocycles. The van der Waals surface area contributed by atoms with E-state index >= 15 is 0 Å². The summed E-state index contributed by atoms with van der Waals surface area (Å²) < 4.78 is 0. The molecule has 1 atom stereocenters. The Hall–Kier alpha value is -1.84. The number of para-hydroxylation sites is 1. The summed E-state index contributed by atoms with van der Waals surface area (Å²) >= 11 is 0. The van der Waals surface area contributed by atoms with Gasteiger partial charge in [0.05, 0.1) is 6.42 Å². The summed E-state index contributed by atoms with van der Waals surface area (Å²) in [4.78, 5) is 24.8. The van der Waals surface area contributed by atoms with Gasteiger partial charge in [-0.05, 0) is 18.1 Å². The Morgan fingerprint density at radius 3 is 2.79 bits per heavy atom. The van der Waals surface area contributed by atoms with Gasteiger partial charge in [0.1, 0.15) is 0 Å². The molecule has 1 aromatic carbocycles. The van der Waals surface area contributed by atoms with Gasteiger partial charge in [-0.2, -0.15) is 0 Å². The molecular weight excluding hydrogens is 242 g/mol. The highest BCUT2D eigenvalue weighted by Gasteiger charge is 2.32. The SMILES string of the molecule is CCCCC(=O)N1CC(CC(=O)O)c2ccccc21. The van der Waals surface area contributed by atoms with Gasteiger partial charge in [0.25, 0.3) is 0 Å². The van der Waals surface area contributed by atoms with Crippen LogP contribution in [0.3, 0.4) is 0 Å². The Kier molecular flexibility index (Phi) is 4.20. The Morgan fingerprint density at radius 2 is 2.11 bits per heavy atom. The summed E-state index contributed by atoms with van der Waals surface area (Å²) in [5.74, 6) is -0.802. The van der Waals surface area contributed by atoms with Crippen LogP contribution in [-0.4, -0.2) is 23.5 Å². The highest BCUT2D eigenvalue weighted by molar-refractivity contribution is 5.96. The van der Waals surface area contributed by atoms with Crippen LogP contribution in [0.15, 0.2) is 24.3 Å². The molecule has 1 heterocycles. The molecule has 2 rings (SSSR count). The number of unbranched alkanes of at least 4 members (excludes halogenated alkanes) is 1. The second kappa shape index (κ2) is 5.87. The lowest BCUT2D eigenvalue weighted by molar-refractivity contribution is -0.137. The smallest absolute Gasteiger partial charge is 0.304 e. The Balaban J connectivity index is 2.20. The first-order valence-corrected chi connectivity index (χ1v) is 6.74. The monoisotopic (exact) mass is 261 g/mol. The van der Waals surface area contributed by atoms with Gasteiger partial charge < -0.3 is 10.0 Å². The molecule has 1 aromatic rings. The minimum atomic E-state index is -0.817. The van der Waals surface area contributed by atoms with Crippen molar-refractivity contribution in [3.8, 4) is 0 Å². The van der Waals surface area contributed by atoms with Crippen LogP contribution < -0.4 is 4.90 Å². The molecule has 1 amide bonds. The molecule has 0 bridgehead atoms. The molecule has 0 saturated heterocycles. The fourth-order valence-corrected chi connectivity index (χ4v) is 2.58. The minimum absolute atomic E-state index is 0.0779. The molecule has 0 spiro atoms. The first-order chi connectivity index (χ1) is 9.13. The van der Waals surface area contributed by atoms with Crippen molar-refractivity contribution in [2.75, 3.05) is 11.4 Å². The summed E-state index contributed by atoms with van der Waals surface area (Å²) in [5.41, 5.74) is 1.87. The zero-order valence-electron chi connectivity index (χ0n) is 11.1. The number of carbonyl (C=O) groups is 2. The van der Waals surface area contributed by atoms with E-state index in [4.69, 9.17) is 5.11 Å². The number of amides is 1. The quantitative estimate of drug-likeness (QED) is 0.886. The number of hydrogen-bond donors (Lipinski definition) is 1. The van der Waals surface area contributed by atoms with Crippen molar-refractivity contribution in [3.63, 3.8) is 0 Å². The first kappa shape index (κ1) is 13.6. The van der Waals surface area contributed by atoms with Crippen molar-refractivity contribution in [1.29, 1.82) is 0 Å². The molecule has 19 heavy (non-hydrogen) atoms. The van der Waals surface area contributed by atoms with Crippen molar-refractivity contribution in [1.82, 2.24) is 0 Å². The lowest BCUT2D eigenvalue weighted by atomic mass is 9.98. The van der Waals surface area contributed by atoms with Crippen molar-refractivity contribution in [2.24, 2.45) is 0 Å². The van der Waals surface area contributed by atoms with Gasteiger partial charge in [-0.1, -0.05) is 31.5 Å². The van der Waals surface area contributed by atoms with Gasteiger partial charge in [0.15, 0.2) is 0 Å². The van der Waals surface area contributed by atoms with Gasteiger partial charge in [-0.25, -0.2) is 0 Å². The summed E-state index contributed by atoms with van der Waals surface area (Å²) in [6.45, 7) is 2.55. The van der Waals surface area contributed by atoms with Gasteiger partial charge >= 0.3 is 5.97 Å². The molecule has 1 unspecified atom stereocenters. The van der Waals surface area contributed by atoms with E-state index in [-0.39, 0.29) is 18.2 Å². The first-order valence-electron chi connectivity index (χ1n) is 6.74. The van der Waals surface area contributed by atoms with Crippen LogP contribution in [0.5, 0.6) is 0 Å². The molecule has 0 saturated carbocycles. The number of fused-ring (bicyclic) bond motifs is 1. The van der Waals surface area contributed by atoms with E-state index in [1.165, 1.54) is 0 Å². The van der Waals surface area contributed by atoms with Crippen LogP contribution in [-0.2, 0) is 9.59 Å². The molecule has 4 nitrogen and oxygen atoms in total. The maximum Gasteiger partial charge on any atom is 0.304 e. The molecule has 0 fully saturated rings. The summed E-state index contributed by atoms with van der Waals surface area (Å²) in [6.07, 6.45) is 2.47. The fourth-order valence-electron chi connectivity index (χ4n) is 2.58. The molecule has 0 radical (unpaired) electrons. The summed E-state index contributed by atoms with van der Waals surface area (Å²) in [7, 11) is 0. The van der Waals surface area contributed by atoms with E-state index in [9.17, 15) is 9.59 Å². The van der Waals surface area contributed by atoms with Crippen molar-refractivity contribution < 1.29 is 14.7 Å². The number of rotatable bonds is 5. The highest BCUT2D eigenvalue weighted by atomic mass is 16.4. The lowest BCUT2D eigenvalue weighted by Gasteiger charge is -2.17. The third-order valence-electron chi connectivity index (χ3n) is 3.54. The number of anilines is 1. The van der Waals surface area contributed by atoms with E-state index in [0.717, 1.165) is 24.1 Å². The lowest BCUT2D eigenvalue weighted by Crippen LogP contribution is -2.29. The molecule has 0 aromatic heterocycles. The van der Waals surface area contributed by atoms with Crippen molar-refractivity contribution in [2.45, 2.75) is 38.5 Å². The third kappa shape index (κ3) is 2.95. The number of benzene rings is 1. The third-order valence-corrected chi connectivity index (χ3v) is 3.54. The number of carboxylic acid groups (broad SMARTS) is 1. The van der Waals surface area contributed by atoms with Crippen LogP contribution in [0.1, 0.15) is 44.1 Å². The van der Waals surface area contributed by atoms with Gasteiger partial charge in [0, 0.05) is 24.6 Å². The molecular formula is C15H19NO3. The second-order valence-corrected chi connectivity index (χ2v) is 4.96. The number of carbonyl (C=O) groups excluding carboxylic acids is 1. The van der Waals surface area contributed by atoms with Crippen LogP contribution in [0.4, 0.5) is 5.69 Å². The predicted molar refractivity (Wildman–Crippen MR) is 73.3 cm³/mol. The fraction of sp³-hybridized carbons (Fsp3) is 0.467. The average Bonchev–Trinajstić information content (AvgIpc) is 2.75. The van der Waals surface area contributed by atoms with Gasteiger partial charge in [-0.3, -0.25) is 9.59 Å². The largest absolute Gasteiger partial charge is 0.481 e. The molecule has 0 aliphatic carbocycles. The molecule has 1 N–H and O–H groups in total. The molecule has 4 heteroatoms. The summed E-state index contributed by atoms with van der Waals surface area (Å²) in [6, 6.07) is 7.62. The maximum atomic E-state index is 12.2. The van der Waals surface area contributed by atoms with E-state index < -0.39 is 5.97 Å². The Morgan fingerprint density at radius 1 is 1.37 bits per heavy atom. The van der Waals surface area contributed by atoms with Gasteiger partial charge in [-0.15, -0.1) is 0 Å². The van der Waals surface area contributed by atoms with Crippen molar-refractivity contribution in [3.05, 3.63) is 29.8 Å². The van der Waals surface area contributed by atoms with Gasteiger partial charge in [0.2, 0.25) is 5.91 Å². The zero-order valence-corrected chi connectivity index (χ0v) is 11.1. The number of carboxylic acids is 1. The standard InChI is InChI=1S/C15H19NO3/c1-2-3-8-14(17)16-10-11(9-15(18)19)12-6-4-5-7-13(12)16/h4-7,11H,2-3,8-10H2,1H3,(H,18,19). The Labute approximate surface area is 113 Å². The molecule has 102 valence electrons. The van der Waals surface area contributed by atoms with Crippen LogP contribution in [0, 0.1) is 0 Å². The minimum Gasteiger partial charge on any atom is -0.481 e. The van der Waals surface area contributed by atoms with Crippen LogP contribution >= 0.6 is 0 Å². The normalized spacial score (nSPS) is 17.3. The number of aliphatic carboxylic acids is 1. The number of hydrogen-bond acceptors (Lipinski definition) is 2. The zero-order chi connectivity index (χ0) is 13.8. The van der Waals surface area contributed by atoms with Crippen LogP contribution in [0.25, 0.3) is 0 Å². The summed E-state index contributed by atoms with van der Waals surface area (Å²) in [5, 5.41) is 8.96. The van der Waals surface area contributed by atoms with E-state index in [2.05, 4.69) is 6.92 Å². The van der Waals surface area contributed by atoms with E-state index in [1.807, 2.05) is 24.3 Å². The van der Waals surface area contributed by atoms with Crippen LogP contribution in [0.2, 0.25) is 0 Å². The topological polar surface area (TPSA) is 57.6 Å². The average molecular weight is 261 g/mol. The highest BCUT2D eigenvalue weighted by Crippen LogP contribution is 2.38.